The second-order valence-corrected chi connectivity index (χ2v) is 5.13. The fourth-order valence-corrected chi connectivity index (χ4v) is 2.68. The Hall–Kier alpha value is -1.76. The fourth-order valence-electron chi connectivity index (χ4n) is 2.68. The van der Waals surface area contributed by atoms with Gasteiger partial charge in [0.05, 0.1) is 0 Å². The fraction of sp³-hybridized carbons (Fsp3) is 0.294. The molecule has 0 amide bonds. The summed E-state index contributed by atoms with van der Waals surface area (Å²) in [4.78, 5) is 0. The van der Waals surface area contributed by atoms with Gasteiger partial charge in [-0.25, -0.2) is 0 Å². The summed E-state index contributed by atoms with van der Waals surface area (Å²) >= 11 is 0. The van der Waals surface area contributed by atoms with Crippen LogP contribution in [0, 0.1) is 6.92 Å². The first-order chi connectivity index (χ1) is 8.83. The topological polar surface area (TPSA) is 12.0 Å². The molecular formula is C17H19N. The van der Waals surface area contributed by atoms with Crippen molar-refractivity contribution in [3.8, 4) is 0 Å². The summed E-state index contributed by atoms with van der Waals surface area (Å²) in [6.07, 6.45) is 5.16. The highest BCUT2D eigenvalue weighted by atomic mass is 14.9. The summed E-state index contributed by atoms with van der Waals surface area (Å²) in [6, 6.07) is 15.2. The van der Waals surface area contributed by atoms with E-state index < -0.39 is 0 Å². The van der Waals surface area contributed by atoms with Crippen LogP contribution in [0.2, 0.25) is 0 Å². The first-order valence-corrected chi connectivity index (χ1v) is 6.77. The molecule has 0 fully saturated rings. The molecule has 3 rings (SSSR count). The lowest BCUT2D eigenvalue weighted by Gasteiger charge is -2.17. The number of hydrogen-bond donors (Lipinski definition) is 1. The Labute approximate surface area is 109 Å². The number of para-hydroxylation sites is 1. The molecule has 0 aliphatic heterocycles. The summed E-state index contributed by atoms with van der Waals surface area (Å²) in [6.45, 7) is 2.14. The Morgan fingerprint density at radius 2 is 1.67 bits per heavy atom. The molecule has 0 heterocycles. The van der Waals surface area contributed by atoms with Crippen molar-refractivity contribution in [1.82, 2.24) is 0 Å². The molecular weight excluding hydrogens is 218 g/mol. The van der Waals surface area contributed by atoms with E-state index in [1.807, 2.05) is 0 Å². The Kier molecular flexibility index (Phi) is 3.06. The van der Waals surface area contributed by atoms with Gasteiger partial charge in [0, 0.05) is 11.4 Å². The lowest BCUT2D eigenvalue weighted by atomic mass is 9.91. The molecule has 2 aromatic rings. The molecule has 0 aromatic heterocycles. The number of anilines is 2. The summed E-state index contributed by atoms with van der Waals surface area (Å²) in [7, 11) is 0. The van der Waals surface area contributed by atoms with E-state index in [-0.39, 0.29) is 0 Å². The summed E-state index contributed by atoms with van der Waals surface area (Å²) in [5.41, 5.74) is 6.77. The average Bonchev–Trinajstić information content (AvgIpc) is 2.41. The van der Waals surface area contributed by atoms with E-state index in [0.717, 1.165) is 0 Å². The van der Waals surface area contributed by atoms with Crippen LogP contribution in [-0.2, 0) is 12.8 Å². The van der Waals surface area contributed by atoms with Gasteiger partial charge in [0.15, 0.2) is 0 Å². The molecule has 1 N–H and O–H groups in total. The Morgan fingerprint density at radius 3 is 2.50 bits per heavy atom. The molecule has 2 aromatic carbocycles. The van der Waals surface area contributed by atoms with Gasteiger partial charge in [0.2, 0.25) is 0 Å². The van der Waals surface area contributed by atoms with Crippen molar-refractivity contribution in [2.45, 2.75) is 32.6 Å². The van der Waals surface area contributed by atoms with Crippen molar-refractivity contribution in [3.05, 3.63) is 59.2 Å². The van der Waals surface area contributed by atoms with Crippen LogP contribution in [0.25, 0.3) is 0 Å². The zero-order chi connectivity index (χ0) is 12.4. The van der Waals surface area contributed by atoms with E-state index in [2.05, 4.69) is 54.7 Å². The van der Waals surface area contributed by atoms with Gasteiger partial charge in [-0.1, -0.05) is 24.3 Å². The smallest absolute Gasteiger partial charge is 0.0413 e. The molecule has 0 atom stereocenters. The van der Waals surface area contributed by atoms with Crippen LogP contribution in [0.1, 0.15) is 29.5 Å². The molecule has 0 spiro atoms. The zero-order valence-electron chi connectivity index (χ0n) is 10.9. The summed E-state index contributed by atoms with van der Waals surface area (Å²) in [5, 5.41) is 3.52. The van der Waals surface area contributed by atoms with Crippen molar-refractivity contribution >= 4 is 11.4 Å². The largest absolute Gasteiger partial charge is 0.355 e. The molecule has 0 unspecified atom stereocenters. The third kappa shape index (κ3) is 2.26. The van der Waals surface area contributed by atoms with Gasteiger partial charge in [-0.2, -0.15) is 0 Å². The minimum absolute atomic E-state index is 1.20. The molecule has 1 heteroatoms. The first kappa shape index (κ1) is 11.3. The van der Waals surface area contributed by atoms with Gasteiger partial charge in [0.25, 0.3) is 0 Å². The normalized spacial score (nSPS) is 14.1. The predicted octanol–water partition coefficient (Wildman–Crippen LogP) is 4.62. The second-order valence-electron chi connectivity index (χ2n) is 5.13. The number of aryl methyl sites for hydroxylation is 3. The van der Waals surface area contributed by atoms with Crippen LogP contribution in [0.3, 0.4) is 0 Å². The van der Waals surface area contributed by atoms with Crippen molar-refractivity contribution in [1.29, 1.82) is 0 Å². The highest BCUT2D eigenvalue weighted by Crippen LogP contribution is 2.26. The van der Waals surface area contributed by atoms with Crippen molar-refractivity contribution in [2.75, 3.05) is 5.32 Å². The van der Waals surface area contributed by atoms with Crippen LogP contribution >= 0.6 is 0 Å². The molecule has 1 aliphatic carbocycles. The molecule has 0 saturated heterocycles. The van der Waals surface area contributed by atoms with Crippen LogP contribution in [-0.4, -0.2) is 0 Å². The van der Waals surface area contributed by atoms with Crippen molar-refractivity contribution < 1.29 is 0 Å². The first-order valence-electron chi connectivity index (χ1n) is 6.77. The quantitative estimate of drug-likeness (QED) is 0.803. The maximum absolute atomic E-state index is 3.52. The summed E-state index contributed by atoms with van der Waals surface area (Å²) < 4.78 is 0. The lowest BCUT2D eigenvalue weighted by molar-refractivity contribution is 0.686. The van der Waals surface area contributed by atoms with Crippen LogP contribution < -0.4 is 5.32 Å². The minimum Gasteiger partial charge on any atom is -0.355 e. The Morgan fingerprint density at radius 1 is 0.889 bits per heavy atom. The lowest BCUT2D eigenvalue weighted by Crippen LogP contribution is -2.03. The van der Waals surface area contributed by atoms with Crippen LogP contribution in [0.15, 0.2) is 42.5 Å². The number of fused-ring (bicyclic) bond motifs is 1. The summed E-state index contributed by atoms with van der Waals surface area (Å²) in [5.74, 6) is 0. The molecule has 18 heavy (non-hydrogen) atoms. The maximum atomic E-state index is 3.52. The molecule has 0 saturated carbocycles. The van der Waals surface area contributed by atoms with E-state index in [4.69, 9.17) is 0 Å². The number of rotatable bonds is 2. The van der Waals surface area contributed by atoms with E-state index in [1.54, 1.807) is 0 Å². The van der Waals surface area contributed by atoms with Gasteiger partial charge < -0.3 is 5.32 Å². The Balaban J connectivity index is 1.87. The highest BCUT2D eigenvalue weighted by Gasteiger charge is 2.09. The maximum Gasteiger partial charge on any atom is 0.0413 e. The van der Waals surface area contributed by atoms with Gasteiger partial charge >= 0.3 is 0 Å². The monoisotopic (exact) mass is 237 g/mol. The number of hydrogen-bond acceptors (Lipinski definition) is 1. The molecule has 1 nitrogen and oxygen atoms in total. The second kappa shape index (κ2) is 4.85. The van der Waals surface area contributed by atoms with Crippen LogP contribution in [0.4, 0.5) is 11.4 Å². The van der Waals surface area contributed by atoms with Gasteiger partial charge in [-0.3, -0.25) is 0 Å². The third-order valence-corrected chi connectivity index (χ3v) is 3.77. The van der Waals surface area contributed by atoms with E-state index in [9.17, 15) is 0 Å². The van der Waals surface area contributed by atoms with E-state index in [1.165, 1.54) is 53.7 Å². The highest BCUT2D eigenvalue weighted by molar-refractivity contribution is 5.64. The Bertz CT molecular complexity index is 557. The molecule has 0 bridgehead atoms. The SMILES string of the molecule is Cc1ccccc1Nc1ccc2c(c1)CCCC2. The number of nitrogens with one attached hydrogen (secondary N) is 1. The van der Waals surface area contributed by atoms with Gasteiger partial charge in [0.1, 0.15) is 0 Å². The zero-order valence-corrected chi connectivity index (χ0v) is 10.9. The minimum atomic E-state index is 1.20. The molecule has 1 aliphatic rings. The molecule has 92 valence electrons. The predicted molar refractivity (Wildman–Crippen MR) is 77.5 cm³/mol. The molecule has 0 radical (unpaired) electrons. The number of benzene rings is 2. The van der Waals surface area contributed by atoms with E-state index >= 15 is 0 Å². The van der Waals surface area contributed by atoms with E-state index in [0.29, 0.717) is 0 Å². The third-order valence-electron chi connectivity index (χ3n) is 3.77. The van der Waals surface area contributed by atoms with Crippen LogP contribution in [0.5, 0.6) is 0 Å². The standard InChI is InChI=1S/C17H19N/c1-13-6-2-5-9-17(13)18-16-11-10-14-7-3-4-8-15(14)12-16/h2,5-6,9-12,18H,3-4,7-8H2,1H3. The van der Waals surface area contributed by atoms with Crippen molar-refractivity contribution in [2.24, 2.45) is 0 Å². The van der Waals surface area contributed by atoms with Gasteiger partial charge in [-0.05, 0) is 67.5 Å². The average molecular weight is 237 g/mol. The van der Waals surface area contributed by atoms with Crippen molar-refractivity contribution in [3.63, 3.8) is 0 Å². The van der Waals surface area contributed by atoms with Gasteiger partial charge in [-0.15, -0.1) is 0 Å².